The van der Waals surface area contributed by atoms with Gasteiger partial charge in [-0.1, -0.05) is 15.9 Å². The van der Waals surface area contributed by atoms with Crippen LogP contribution < -0.4 is 0 Å². The van der Waals surface area contributed by atoms with Gasteiger partial charge in [-0.25, -0.2) is 4.98 Å². The third-order valence-corrected chi connectivity index (χ3v) is 3.74. The van der Waals surface area contributed by atoms with E-state index in [-0.39, 0.29) is 0 Å². The highest BCUT2D eigenvalue weighted by Gasteiger charge is 2.16. The topological polar surface area (TPSA) is 25.4 Å². The maximum atomic E-state index is 5.47. The lowest BCUT2D eigenvalue weighted by atomic mass is 10.3. The van der Waals surface area contributed by atoms with E-state index in [2.05, 4.69) is 31.2 Å². The predicted octanol–water partition coefficient (Wildman–Crippen LogP) is 2.05. The van der Waals surface area contributed by atoms with Crippen molar-refractivity contribution >= 4 is 27.3 Å². The van der Waals surface area contributed by atoms with Crippen molar-refractivity contribution in [2.75, 3.05) is 26.3 Å². The van der Waals surface area contributed by atoms with E-state index in [1.165, 1.54) is 5.69 Å². The molecule has 1 fully saturated rings. The van der Waals surface area contributed by atoms with E-state index in [1.807, 2.05) is 6.92 Å². The first kappa shape index (κ1) is 11.5. The molecule has 2 rings (SSSR count). The van der Waals surface area contributed by atoms with Crippen LogP contribution in [0.3, 0.4) is 0 Å². The number of aryl methyl sites for hydroxylation is 1. The standard InChI is InChI=1S/C10H15BrN2OS/c1-8-12-10(7-15-8)5-13-2-3-14-6-9(11)4-13/h7,9H,2-6H2,1H3. The molecular weight excluding hydrogens is 276 g/mol. The molecule has 1 aliphatic rings. The molecule has 2 heterocycles. The summed E-state index contributed by atoms with van der Waals surface area (Å²) < 4.78 is 5.47. The highest BCUT2D eigenvalue weighted by molar-refractivity contribution is 9.09. The van der Waals surface area contributed by atoms with Crippen LogP contribution in [0.1, 0.15) is 10.7 Å². The predicted molar refractivity (Wildman–Crippen MR) is 65.7 cm³/mol. The monoisotopic (exact) mass is 290 g/mol. The molecule has 1 aromatic heterocycles. The highest BCUT2D eigenvalue weighted by atomic mass is 79.9. The Bertz CT molecular complexity index is 318. The number of hydrogen-bond donors (Lipinski definition) is 0. The van der Waals surface area contributed by atoms with Gasteiger partial charge in [0.1, 0.15) is 0 Å². The smallest absolute Gasteiger partial charge is 0.0897 e. The van der Waals surface area contributed by atoms with Crippen LogP contribution in [0.2, 0.25) is 0 Å². The van der Waals surface area contributed by atoms with Crippen LogP contribution in [-0.4, -0.2) is 41.0 Å². The summed E-state index contributed by atoms with van der Waals surface area (Å²) in [5.41, 5.74) is 1.18. The van der Waals surface area contributed by atoms with Crippen LogP contribution in [0.15, 0.2) is 5.38 Å². The maximum absolute atomic E-state index is 5.47. The zero-order valence-electron chi connectivity index (χ0n) is 8.78. The van der Waals surface area contributed by atoms with E-state index >= 15 is 0 Å². The van der Waals surface area contributed by atoms with Crippen molar-refractivity contribution in [1.29, 1.82) is 0 Å². The van der Waals surface area contributed by atoms with E-state index in [9.17, 15) is 0 Å². The molecule has 0 spiro atoms. The summed E-state index contributed by atoms with van der Waals surface area (Å²) in [5.74, 6) is 0. The molecule has 1 unspecified atom stereocenters. The second-order valence-corrected chi connectivity index (χ2v) is 6.12. The molecule has 0 radical (unpaired) electrons. The van der Waals surface area contributed by atoms with Crippen molar-refractivity contribution in [2.24, 2.45) is 0 Å². The summed E-state index contributed by atoms with van der Waals surface area (Å²) in [5, 5.41) is 3.29. The van der Waals surface area contributed by atoms with E-state index in [0.717, 1.165) is 37.9 Å². The number of thiazole rings is 1. The van der Waals surface area contributed by atoms with Crippen LogP contribution in [0.5, 0.6) is 0 Å². The van der Waals surface area contributed by atoms with E-state index in [1.54, 1.807) is 11.3 Å². The minimum atomic E-state index is 0.444. The average Bonchev–Trinajstić information content (AvgIpc) is 2.46. The van der Waals surface area contributed by atoms with Gasteiger partial charge in [0.15, 0.2) is 0 Å². The normalized spacial score (nSPS) is 24.0. The van der Waals surface area contributed by atoms with Gasteiger partial charge in [-0.2, -0.15) is 0 Å². The minimum Gasteiger partial charge on any atom is -0.379 e. The molecule has 5 heteroatoms. The molecule has 0 N–H and O–H groups in total. The summed E-state index contributed by atoms with van der Waals surface area (Å²) in [4.78, 5) is 7.32. The number of ether oxygens (including phenoxy) is 1. The van der Waals surface area contributed by atoms with Gasteiger partial charge in [0, 0.05) is 25.0 Å². The quantitative estimate of drug-likeness (QED) is 0.780. The van der Waals surface area contributed by atoms with Gasteiger partial charge < -0.3 is 4.74 Å². The number of halogens is 1. The Balaban J connectivity index is 1.92. The SMILES string of the molecule is Cc1nc(CN2CCOCC(Br)C2)cs1. The van der Waals surface area contributed by atoms with Gasteiger partial charge in [-0.15, -0.1) is 11.3 Å². The zero-order valence-corrected chi connectivity index (χ0v) is 11.2. The Morgan fingerprint density at radius 3 is 3.33 bits per heavy atom. The van der Waals surface area contributed by atoms with Crippen LogP contribution >= 0.6 is 27.3 Å². The molecule has 1 atom stereocenters. The molecule has 1 saturated heterocycles. The van der Waals surface area contributed by atoms with Crippen LogP contribution in [0.4, 0.5) is 0 Å². The van der Waals surface area contributed by atoms with Crippen molar-refractivity contribution in [3.8, 4) is 0 Å². The Kier molecular flexibility index (Phi) is 4.13. The minimum absolute atomic E-state index is 0.444. The Hall–Kier alpha value is 0.0300. The van der Waals surface area contributed by atoms with Crippen molar-refractivity contribution < 1.29 is 4.74 Å². The second kappa shape index (κ2) is 5.39. The highest BCUT2D eigenvalue weighted by Crippen LogP contribution is 2.14. The van der Waals surface area contributed by atoms with Gasteiger partial charge >= 0.3 is 0 Å². The van der Waals surface area contributed by atoms with Crippen molar-refractivity contribution in [3.63, 3.8) is 0 Å². The first-order chi connectivity index (χ1) is 7.24. The van der Waals surface area contributed by atoms with E-state index < -0.39 is 0 Å². The van der Waals surface area contributed by atoms with Crippen LogP contribution in [0.25, 0.3) is 0 Å². The molecule has 0 aromatic carbocycles. The Labute approximate surface area is 103 Å². The lowest BCUT2D eigenvalue weighted by Gasteiger charge is -2.19. The summed E-state index contributed by atoms with van der Waals surface area (Å²) >= 11 is 5.33. The molecule has 15 heavy (non-hydrogen) atoms. The van der Waals surface area contributed by atoms with Gasteiger partial charge in [-0.05, 0) is 6.92 Å². The molecule has 0 aliphatic carbocycles. The average molecular weight is 291 g/mol. The number of alkyl halides is 1. The van der Waals surface area contributed by atoms with Gasteiger partial charge in [-0.3, -0.25) is 4.90 Å². The number of nitrogens with zero attached hydrogens (tertiary/aromatic N) is 2. The zero-order chi connectivity index (χ0) is 10.7. The Morgan fingerprint density at radius 1 is 1.73 bits per heavy atom. The molecule has 3 nitrogen and oxygen atoms in total. The second-order valence-electron chi connectivity index (χ2n) is 3.77. The van der Waals surface area contributed by atoms with Crippen LogP contribution in [-0.2, 0) is 11.3 Å². The molecule has 0 amide bonds. The van der Waals surface area contributed by atoms with Crippen molar-refractivity contribution in [2.45, 2.75) is 18.3 Å². The molecule has 0 saturated carbocycles. The number of rotatable bonds is 2. The van der Waals surface area contributed by atoms with Crippen LogP contribution in [0, 0.1) is 6.92 Å². The molecule has 0 bridgehead atoms. The summed E-state index contributed by atoms with van der Waals surface area (Å²) in [6, 6.07) is 0. The lowest BCUT2D eigenvalue weighted by molar-refractivity contribution is 0.142. The van der Waals surface area contributed by atoms with Crippen molar-refractivity contribution in [1.82, 2.24) is 9.88 Å². The maximum Gasteiger partial charge on any atom is 0.0897 e. The fourth-order valence-electron chi connectivity index (χ4n) is 1.68. The van der Waals surface area contributed by atoms with E-state index in [0.29, 0.717) is 4.83 Å². The molecule has 1 aliphatic heterocycles. The van der Waals surface area contributed by atoms with E-state index in [4.69, 9.17) is 4.74 Å². The fraction of sp³-hybridized carbons (Fsp3) is 0.700. The van der Waals surface area contributed by atoms with Crippen molar-refractivity contribution in [3.05, 3.63) is 16.1 Å². The summed E-state index contributed by atoms with van der Waals surface area (Å²) in [6.07, 6.45) is 0. The number of aromatic nitrogens is 1. The fourth-order valence-corrected chi connectivity index (χ4v) is 2.88. The first-order valence-corrected chi connectivity index (χ1v) is 6.89. The van der Waals surface area contributed by atoms with Gasteiger partial charge in [0.05, 0.1) is 28.7 Å². The largest absolute Gasteiger partial charge is 0.379 e. The summed E-state index contributed by atoms with van der Waals surface area (Å²) in [6.45, 7) is 6.66. The molecule has 1 aromatic rings. The first-order valence-electron chi connectivity index (χ1n) is 5.09. The number of hydrogen-bond acceptors (Lipinski definition) is 4. The Morgan fingerprint density at radius 2 is 2.60 bits per heavy atom. The summed E-state index contributed by atoms with van der Waals surface area (Å²) in [7, 11) is 0. The molecular formula is C10H15BrN2OS. The lowest BCUT2D eigenvalue weighted by Crippen LogP contribution is -2.29. The van der Waals surface area contributed by atoms with Gasteiger partial charge in [0.25, 0.3) is 0 Å². The van der Waals surface area contributed by atoms with Gasteiger partial charge in [0.2, 0.25) is 0 Å². The molecule has 84 valence electrons. The third-order valence-electron chi connectivity index (χ3n) is 2.36. The third kappa shape index (κ3) is 3.52.